The summed E-state index contributed by atoms with van der Waals surface area (Å²) in [6, 6.07) is 23.5. The first kappa shape index (κ1) is 28.7. The third-order valence-electron chi connectivity index (χ3n) is 5.74. The molecule has 0 spiro atoms. The summed E-state index contributed by atoms with van der Waals surface area (Å²) in [5.74, 6) is 0.0265. The van der Waals surface area contributed by atoms with Crippen LogP contribution in [0.3, 0.4) is 0 Å². The molecule has 0 atom stereocenters. The van der Waals surface area contributed by atoms with Gasteiger partial charge in [-0.15, -0.1) is 0 Å². The van der Waals surface area contributed by atoms with Crippen molar-refractivity contribution in [2.75, 3.05) is 31.9 Å². The van der Waals surface area contributed by atoms with Crippen molar-refractivity contribution in [3.63, 3.8) is 0 Å². The molecule has 39 heavy (non-hydrogen) atoms. The van der Waals surface area contributed by atoms with Crippen LogP contribution in [-0.4, -0.2) is 32.6 Å². The molecule has 0 bridgehead atoms. The van der Waals surface area contributed by atoms with Crippen LogP contribution in [0.5, 0.6) is 0 Å². The fourth-order valence-electron chi connectivity index (χ4n) is 3.72. The molecule has 0 aliphatic rings. The van der Waals surface area contributed by atoms with Gasteiger partial charge in [-0.05, 0) is 47.5 Å². The molecule has 3 aromatic carbocycles. The molecule has 2 amide bonds. The Morgan fingerprint density at radius 3 is 2.26 bits per heavy atom. The summed E-state index contributed by atoms with van der Waals surface area (Å²) in [6.45, 7) is 4.41. The van der Waals surface area contributed by atoms with E-state index < -0.39 is 0 Å². The topological polar surface area (TPSA) is 103 Å². The lowest BCUT2D eigenvalue weighted by atomic mass is 10.0. The molecule has 0 aliphatic carbocycles. The second-order valence-electron chi connectivity index (χ2n) is 8.43. The molecular formula is C32H33N3O4. The normalized spacial score (nSPS) is 12.0. The van der Waals surface area contributed by atoms with Crippen molar-refractivity contribution >= 4 is 28.8 Å². The summed E-state index contributed by atoms with van der Waals surface area (Å²) in [5, 5.41) is 5.79. The number of methoxy groups -OCH3 is 2. The quantitative estimate of drug-likeness (QED) is 0.126. The Kier molecular flexibility index (Phi) is 10.9. The van der Waals surface area contributed by atoms with Crippen LogP contribution in [-0.2, 0) is 20.8 Å². The zero-order valence-corrected chi connectivity index (χ0v) is 22.1. The van der Waals surface area contributed by atoms with Crippen molar-refractivity contribution in [1.29, 1.82) is 0 Å². The number of para-hydroxylation sites is 2. The van der Waals surface area contributed by atoms with E-state index in [4.69, 9.17) is 15.2 Å². The fourth-order valence-corrected chi connectivity index (χ4v) is 3.72. The molecule has 7 nitrogen and oxygen atoms in total. The smallest absolute Gasteiger partial charge is 0.255 e. The Labute approximate surface area is 229 Å². The average Bonchev–Trinajstić information content (AvgIpc) is 2.96. The first-order chi connectivity index (χ1) is 19.0. The largest absolute Gasteiger partial charge is 0.496 e. The van der Waals surface area contributed by atoms with Gasteiger partial charge < -0.3 is 25.8 Å². The maximum atomic E-state index is 13.4. The van der Waals surface area contributed by atoms with Gasteiger partial charge in [0.1, 0.15) is 5.76 Å². The molecule has 0 fully saturated rings. The van der Waals surface area contributed by atoms with Crippen LogP contribution in [0.1, 0.15) is 21.5 Å². The van der Waals surface area contributed by atoms with E-state index in [0.29, 0.717) is 40.5 Å². The van der Waals surface area contributed by atoms with E-state index in [-0.39, 0.29) is 18.4 Å². The van der Waals surface area contributed by atoms with Crippen LogP contribution in [0.15, 0.2) is 121 Å². The molecule has 4 N–H and O–H groups in total. The Hall–Kier alpha value is -4.88. The maximum Gasteiger partial charge on any atom is 0.255 e. The summed E-state index contributed by atoms with van der Waals surface area (Å²) in [5.41, 5.74) is 10.2. The van der Waals surface area contributed by atoms with Gasteiger partial charge in [-0.3, -0.25) is 9.59 Å². The number of hydrogen-bond acceptors (Lipinski definition) is 5. The third kappa shape index (κ3) is 8.31. The minimum absolute atomic E-state index is 0.264. The predicted octanol–water partition coefficient (Wildman–Crippen LogP) is 5.51. The van der Waals surface area contributed by atoms with Crippen LogP contribution in [0.4, 0.5) is 11.4 Å². The zero-order valence-electron chi connectivity index (χ0n) is 22.1. The molecule has 0 unspecified atom stereocenters. The number of carbonyl (C=O) groups is 2. The lowest BCUT2D eigenvalue weighted by Gasteiger charge is -2.13. The highest BCUT2D eigenvalue weighted by Gasteiger charge is 2.15. The highest BCUT2D eigenvalue weighted by molar-refractivity contribution is 6.20. The molecule has 0 radical (unpaired) electrons. The van der Waals surface area contributed by atoms with Crippen molar-refractivity contribution in [1.82, 2.24) is 5.32 Å². The van der Waals surface area contributed by atoms with E-state index in [0.717, 1.165) is 11.1 Å². The van der Waals surface area contributed by atoms with E-state index in [1.807, 2.05) is 30.3 Å². The van der Waals surface area contributed by atoms with Gasteiger partial charge in [-0.1, -0.05) is 73.3 Å². The van der Waals surface area contributed by atoms with Crippen LogP contribution < -0.4 is 16.4 Å². The molecule has 200 valence electrons. The zero-order chi connectivity index (χ0) is 28.0. The molecule has 3 aromatic rings. The summed E-state index contributed by atoms with van der Waals surface area (Å²) in [6.07, 6.45) is 6.96. The van der Waals surface area contributed by atoms with Crippen molar-refractivity contribution in [2.24, 2.45) is 0 Å². The predicted molar refractivity (Wildman–Crippen MR) is 157 cm³/mol. The van der Waals surface area contributed by atoms with Gasteiger partial charge in [-0.25, -0.2) is 0 Å². The van der Waals surface area contributed by atoms with Gasteiger partial charge in [0.15, 0.2) is 0 Å². The number of rotatable bonds is 12. The van der Waals surface area contributed by atoms with Crippen LogP contribution in [0, 0.1) is 0 Å². The average molecular weight is 524 g/mol. The first-order valence-corrected chi connectivity index (χ1v) is 12.3. The van der Waals surface area contributed by atoms with E-state index in [1.54, 1.807) is 87.1 Å². The molecule has 7 heteroatoms. The number of hydrogen-bond donors (Lipinski definition) is 3. The number of allylic oxidation sites excluding steroid dienone is 3. The number of anilines is 2. The number of nitrogens with two attached hydrogens (primary N) is 1. The molecule has 0 aliphatic heterocycles. The van der Waals surface area contributed by atoms with E-state index >= 15 is 0 Å². The number of nitrogens with one attached hydrogen (secondary N) is 2. The second-order valence-corrected chi connectivity index (χ2v) is 8.43. The summed E-state index contributed by atoms with van der Waals surface area (Å²) < 4.78 is 10.7. The van der Waals surface area contributed by atoms with Gasteiger partial charge in [0, 0.05) is 30.4 Å². The minimum atomic E-state index is -0.269. The molecule has 3 rings (SSSR count). The minimum Gasteiger partial charge on any atom is -0.496 e. The van der Waals surface area contributed by atoms with Gasteiger partial charge in [0.2, 0.25) is 0 Å². The summed E-state index contributed by atoms with van der Waals surface area (Å²) in [4.78, 5) is 26.0. The second kappa shape index (κ2) is 14.8. The van der Waals surface area contributed by atoms with Crippen molar-refractivity contribution in [3.8, 4) is 0 Å². The summed E-state index contributed by atoms with van der Waals surface area (Å²) >= 11 is 0. The lowest BCUT2D eigenvalue weighted by molar-refractivity contribution is -0.115. The Morgan fingerprint density at radius 1 is 0.923 bits per heavy atom. The third-order valence-corrected chi connectivity index (χ3v) is 5.74. The monoisotopic (exact) mass is 523 g/mol. The van der Waals surface area contributed by atoms with Crippen LogP contribution >= 0.6 is 0 Å². The Bertz CT molecular complexity index is 1370. The van der Waals surface area contributed by atoms with E-state index in [1.165, 1.54) is 0 Å². The number of ether oxygens (including phenoxy) is 2. The Morgan fingerprint density at radius 2 is 1.62 bits per heavy atom. The highest BCUT2D eigenvalue weighted by Crippen LogP contribution is 2.22. The number of benzene rings is 3. The Balaban J connectivity index is 1.77. The SMILES string of the molecule is C=C/C=C(/C=C(/C(=O)NCc1ccc(C(=O)Nc2ccccc2N)cc1)c1ccccc1)C(=C/COC)\OC. The van der Waals surface area contributed by atoms with Crippen molar-refractivity contribution in [2.45, 2.75) is 6.54 Å². The first-order valence-electron chi connectivity index (χ1n) is 12.3. The highest BCUT2D eigenvalue weighted by atomic mass is 16.5. The number of amides is 2. The van der Waals surface area contributed by atoms with Gasteiger partial charge in [0.25, 0.3) is 11.8 Å². The standard InChI is InChI=1S/C32H33N3O4/c1-4-10-26(30(39-3)19-20-38-2)21-27(24-11-6-5-7-12-24)32(37)34-22-23-15-17-25(18-16-23)31(36)35-29-14-9-8-13-28(29)33/h4-19,21H,1,20,22,33H2,2-3H3,(H,34,37)(H,35,36)/b26-10-,27-21+,30-19+. The van der Waals surface area contributed by atoms with Crippen LogP contribution in [0.2, 0.25) is 0 Å². The van der Waals surface area contributed by atoms with Crippen LogP contribution in [0.25, 0.3) is 5.57 Å². The van der Waals surface area contributed by atoms with Crippen molar-refractivity contribution < 1.29 is 19.1 Å². The maximum absolute atomic E-state index is 13.4. The lowest BCUT2D eigenvalue weighted by Crippen LogP contribution is -2.24. The molecule has 0 heterocycles. The van der Waals surface area contributed by atoms with Gasteiger partial charge >= 0.3 is 0 Å². The van der Waals surface area contributed by atoms with E-state index in [2.05, 4.69) is 17.2 Å². The van der Waals surface area contributed by atoms with Gasteiger partial charge in [-0.2, -0.15) is 0 Å². The molecule has 0 saturated heterocycles. The number of carbonyl (C=O) groups excluding carboxylic acids is 2. The molecule has 0 aromatic heterocycles. The summed E-state index contributed by atoms with van der Waals surface area (Å²) in [7, 11) is 3.16. The molecule has 0 saturated carbocycles. The number of nitrogen functional groups attached to an aromatic ring is 1. The fraction of sp³-hybridized carbons (Fsp3) is 0.125. The van der Waals surface area contributed by atoms with Gasteiger partial charge in [0.05, 0.1) is 25.1 Å². The van der Waals surface area contributed by atoms with Crippen molar-refractivity contribution in [3.05, 3.63) is 138 Å². The van der Waals surface area contributed by atoms with E-state index in [9.17, 15) is 9.59 Å². The molecular weight excluding hydrogens is 490 g/mol.